The lowest BCUT2D eigenvalue weighted by Gasteiger charge is -2.29. The number of allylic oxidation sites excluding steroid dienone is 1. The van der Waals surface area contributed by atoms with Crippen molar-refractivity contribution in [2.24, 2.45) is 0 Å². The second-order valence-corrected chi connectivity index (χ2v) is 7.89. The lowest BCUT2D eigenvalue weighted by molar-refractivity contribution is -0.384. The molecule has 0 fully saturated rings. The number of hydrogen-bond acceptors (Lipinski definition) is 8. The molecule has 11 nitrogen and oxygen atoms in total. The van der Waals surface area contributed by atoms with Crippen molar-refractivity contribution >= 4 is 40.9 Å². The number of carboxylic acids is 1. The molecule has 1 unspecified atom stereocenters. The standard InChI is InChI=1S/C23H21N3O8S/c1-13-19(22(30)33-10-9-14-3-2-4-17(11-14)26(31)32)18(25-23(35)24-13)12-34-21(29)16-7-5-15(6-8-16)20(27)28/h2-8,11,18H,9-10,12H2,1H3,(H,27,28)(H2,24,25,35). The van der Waals surface area contributed by atoms with Crippen LogP contribution in [0.4, 0.5) is 5.69 Å². The highest BCUT2D eigenvalue weighted by Crippen LogP contribution is 2.17. The molecule has 0 radical (unpaired) electrons. The fourth-order valence-electron chi connectivity index (χ4n) is 3.34. The molecule has 1 atom stereocenters. The quantitative estimate of drug-likeness (QED) is 0.201. The van der Waals surface area contributed by atoms with Gasteiger partial charge in [-0.2, -0.15) is 0 Å². The van der Waals surface area contributed by atoms with Crippen LogP contribution in [-0.2, 0) is 20.7 Å². The molecule has 1 aliphatic rings. The molecule has 1 heterocycles. The van der Waals surface area contributed by atoms with Crippen LogP contribution in [0.2, 0.25) is 0 Å². The van der Waals surface area contributed by atoms with Gasteiger partial charge in [-0.05, 0) is 49.0 Å². The summed E-state index contributed by atoms with van der Waals surface area (Å²) in [5.74, 6) is -2.49. The molecule has 0 saturated carbocycles. The third-order valence-corrected chi connectivity index (χ3v) is 5.29. The number of ether oxygens (including phenoxy) is 2. The van der Waals surface area contributed by atoms with Crippen LogP contribution < -0.4 is 10.6 Å². The Morgan fingerprint density at radius 1 is 1.09 bits per heavy atom. The Morgan fingerprint density at radius 3 is 2.43 bits per heavy atom. The third kappa shape index (κ3) is 6.60. The number of nitro benzene ring substituents is 1. The molecule has 2 aromatic carbocycles. The van der Waals surface area contributed by atoms with E-state index in [-0.39, 0.29) is 47.1 Å². The molecule has 182 valence electrons. The molecule has 0 bridgehead atoms. The summed E-state index contributed by atoms with van der Waals surface area (Å²) in [5.41, 5.74) is 1.38. The van der Waals surface area contributed by atoms with Crippen molar-refractivity contribution in [1.82, 2.24) is 10.6 Å². The Kier molecular flexibility index (Phi) is 8.10. The van der Waals surface area contributed by atoms with Gasteiger partial charge in [0.25, 0.3) is 5.69 Å². The van der Waals surface area contributed by atoms with Crippen LogP contribution in [0, 0.1) is 10.1 Å². The number of nitrogens with one attached hydrogen (secondary N) is 2. The van der Waals surface area contributed by atoms with Crippen molar-refractivity contribution in [1.29, 1.82) is 0 Å². The van der Waals surface area contributed by atoms with E-state index in [1.807, 2.05) is 0 Å². The monoisotopic (exact) mass is 499 g/mol. The molecular weight excluding hydrogens is 478 g/mol. The van der Waals surface area contributed by atoms with E-state index in [1.165, 1.54) is 36.4 Å². The number of non-ortho nitro benzene ring substituents is 1. The number of benzene rings is 2. The number of hydrogen-bond donors (Lipinski definition) is 3. The molecule has 35 heavy (non-hydrogen) atoms. The Bertz CT molecular complexity index is 1210. The zero-order valence-electron chi connectivity index (χ0n) is 18.5. The van der Waals surface area contributed by atoms with E-state index in [2.05, 4.69) is 10.6 Å². The van der Waals surface area contributed by atoms with Crippen molar-refractivity contribution in [3.05, 3.63) is 86.6 Å². The summed E-state index contributed by atoms with van der Waals surface area (Å²) in [4.78, 5) is 46.6. The van der Waals surface area contributed by atoms with Crippen molar-refractivity contribution < 1.29 is 33.9 Å². The topological polar surface area (TPSA) is 157 Å². The summed E-state index contributed by atoms with van der Waals surface area (Å²) in [6, 6.07) is 10.5. The Balaban J connectivity index is 1.62. The van der Waals surface area contributed by atoms with E-state index in [0.29, 0.717) is 11.3 Å². The fourth-order valence-corrected chi connectivity index (χ4v) is 3.64. The molecule has 0 saturated heterocycles. The minimum Gasteiger partial charge on any atom is -0.478 e. The third-order valence-electron chi connectivity index (χ3n) is 5.07. The average Bonchev–Trinajstić information content (AvgIpc) is 2.82. The van der Waals surface area contributed by atoms with Gasteiger partial charge in [0, 0.05) is 24.3 Å². The largest absolute Gasteiger partial charge is 0.478 e. The van der Waals surface area contributed by atoms with E-state index < -0.39 is 28.9 Å². The molecule has 0 aromatic heterocycles. The van der Waals surface area contributed by atoms with Crippen LogP contribution >= 0.6 is 12.2 Å². The van der Waals surface area contributed by atoms with E-state index in [4.69, 9.17) is 26.8 Å². The van der Waals surface area contributed by atoms with Gasteiger partial charge in [-0.15, -0.1) is 0 Å². The molecule has 2 aromatic rings. The molecule has 3 rings (SSSR count). The smallest absolute Gasteiger partial charge is 0.338 e. The summed E-state index contributed by atoms with van der Waals surface area (Å²) in [5, 5.41) is 25.8. The van der Waals surface area contributed by atoms with Gasteiger partial charge in [0.15, 0.2) is 5.11 Å². The predicted molar refractivity (Wildman–Crippen MR) is 127 cm³/mol. The van der Waals surface area contributed by atoms with Gasteiger partial charge >= 0.3 is 17.9 Å². The summed E-state index contributed by atoms with van der Waals surface area (Å²) >= 11 is 5.14. The second-order valence-electron chi connectivity index (χ2n) is 7.48. The van der Waals surface area contributed by atoms with Crippen molar-refractivity contribution in [3.8, 4) is 0 Å². The molecule has 0 amide bonds. The first-order valence-corrected chi connectivity index (χ1v) is 10.8. The maximum Gasteiger partial charge on any atom is 0.338 e. The van der Waals surface area contributed by atoms with E-state index in [9.17, 15) is 24.5 Å². The molecular formula is C23H21N3O8S. The minimum atomic E-state index is -1.12. The van der Waals surface area contributed by atoms with Crippen LogP contribution in [0.15, 0.2) is 59.8 Å². The maximum atomic E-state index is 12.8. The van der Waals surface area contributed by atoms with E-state index >= 15 is 0 Å². The van der Waals surface area contributed by atoms with Crippen molar-refractivity contribution in [2.45, 2.75) is 19.4 Å². The molecule has 1 aliphatic heterocycles. The van der Waals surface area contributed by atoms with Gasteiger partial charge in [0.1, 0.15) is 6.61 Å². The zero-order chi connectivity index (χ0) is 25.5. The average molecular weight is 500 g/mol. The molecule has 12 heteroatoms. The summed E-state index contributed by atoms with van der Waals surface area (Å²) < 4.78 is 10.7. The molecule has 0 aliphatic carbocycles. The predicted octanol–water partition coefficient (Wildman–Crippen LogP) is 2.36. The number of carbonyl (C=O) groups excluding carboxylic acids is 2. The van der Waals surface area contributed by atoms with Crippen LogP contribution in [0.25, 0.3) is 0 Å². The highest BCUT2D eigenvalue weighted by molar-refractivity contribution is 7.80. The van der Waals surface area contributed by atoms with Crippen molar-refractivity contribution in [3.63, 3.8) is 0 Å². The first-order valence-electron chi connectivity index (χ1n) is 10.3. The van der Waals surface area contributed by atoms with Gasteiger partial charge < -0.3 is 25.2 Å². The number of rotatable bonds is 9. The van der Waals surface area contributed by atoms with E-state index in [0.717, 1.165) is 0 Å². The summed E-state index contributed by atoms with van der Waals surface area (Å²) in [6.07, 6.45) is 0.269. The summed E-state index contributed by atoms with van der Waals surface area (Å²) in [7, 11) is 0. The maximum absolute atomic E-state index is 12.8. The van der Waals surface area contributed by atoms with Crippen molar-refractivity contribution in [2.75, 3.05) is 13.2 Å². The van der Waals surface area contributed by atoms with Crippen LogP contribution in [-0.4, -0.2) is 52.3 Å². The first-order chi connectivity index (χ1) is 16.7. The van der Waals surface area contributed by atoms with Gasteiger partial charge in [-0.3, -0.25) is 10.1 Å². The van der Waals surface area contributed by atoms with E-state index in [1.54, 1.807) is 19.1 Å². The van der Waals surface area contributed by atoms with Gasteiger partial charge in [-0.25, -0.2) is 14.4 Å². The van der Waals surface area contributed by atoms with Gasteiger partial charge in [0.05, 0.1) is 34.3 Å². The SMILES string of the molecule is CC1=C(C(=O)OCCc2cccc([N+](=O)[O-])c2)C(COC(=O)c2ccc(C(=O)O)cc2)NC(=S)N1. The first kappa shape index (κ1) is 25.3. The van der Waals surface area contributed by atoms with Crippen LogP contribution in [0.1, 0.15) is 33.2 Å². The fraction of sp³-hybridized carbons (Fsp3) is 0.217. The highest BCUT2D eigenvalue weighted by atomic mass is 32.1. The lowest BCUT2D eigenvalue weighted by atomic mass is 10.0. The van der Waals surface area contributed by atoms with Crippen LogP contribution in [0.3, 0.4) is 0 Å². The zero-order valence-corrected chi connectivity index (χ0v) is 19.3. The second kappa shape index (κ2) is 11.2. The highest BCUT2D eigenvalue weighted by Gasteiger charge is 2.31. The number of aromatic carboxylic acids is 1. The number of nitro groups is 1. The Hall–Kier alpha value is -4.32. The number of carbonyl (C=O) groups is 3. The van der Waals surface area contributed by atoms with Gasteiger partial charge in [0.2, 0.25) is 0 Å². The number of thiocarbonyl (C=S) groups is 1. The Morgan fingerprint density at radius 2 is 1.77 bits per heavy atom. The summed E-state index contributed by atoms with van der Waals surface area (Å²) in [6.45, 7) is 1.36. The molecule has 0 spiro atoms. The number of esters is 2. The minimum absolute atomic E-state index is 0.0241. The Labute approximate surface area is 204 Å². The molecule has 3 N–H and O–H groups in total. The normalized spacial score (nSPS) is 15.0. The van der Waals surface area contributed by atoms with Crippen LogP contribution in [0.5, 0.6) is 0 Å². The lowest BCUT2D eigenvalue weighted by Crippen LogP contribution is -2.52. The van der Waals surface area contributed by atoms with Gasteiger partial charge in [-0.1, -0.05) is 12.1 Å². The number of carboxylic acid groups (broad SMARTS) is 1. The number of nitrogens with zero attached hydrogens (tertiary/aromatic N) is 1.